The van der Waals surface area contributed by atoms with Crippen molar-refractivity contribution in [2.75, 3.05) is 6.61 Å². The number of benzene rings is 3. The van der Waals surface area contributed by atoms with Crippen molar-refractivity contribution in [2.45, 2.75) is 78.7 Å². The first kappa shape index (κ1) is 30.2. The smallest absolute Gasteiger partial charge is 0.194 e. The highest BCUT2D eigenvalue weighted by Gasteiger charge is 2.18. The molecule has 1 heterocycles. The number of hydrogen-bond donors (Lipinski definition) is 0. The number of aromatic nitrogens is 1. The molecule has 41 heavy (non-hydrogen) atoms. The second kappa shape index (κ2) is 14.3. The Bertz CT molecular complexity index is 1540. The molecule has 6 heteroatoms. The number of aryl methyl sites for hydroxylation is 2. The van der Waals surface area contributed by atoms with Crippen LogP contribution >= 0.6 is 0 Å². The summed E-state index contributed by atoms with van der Waals surface area (Å²) in [7, 11) is 0. The van der Waals surface area contributed by atoms with Gasteiger partial charge in [0.1, 0.15) is 11.6 Å². The van der Waals surface area contributed by atoms with Gasteiger partial charge in [-0.25, -0.2) is 17.6 Å². The predicted molar refractivity (Wildman–Crippen MR) is 157 cm³/mol. The van der Waals surface area contributed by atoms with Gasteiger partial charge in [0.05, 0.1) is 12.1 Å². The Kier molecular flexibility index (Phi) is 10.5. The minimum atomic E-state index is -1.64. The molecule has 0 N–H and O–H groups in total. The van der Waals surface area contributed by atoms with E-state index in [-0.39, 0.29) is 6.42 Å². The number of halogens is 4. The summed E-state index contributed by atoms with van der Waals surface area (Å²) < 4.78 is 62.3. The van der Waals surface area contributed by atoms with E-state index in [0.29, 0.717) is 31.3 Å². The van der Waals surface area contributed by atoms with Crippen molar-refractivity contribution in [2.24, 2.45) is 0 Å². The minimum absolute atomic E-state index is 0.0407. The van der Waals surface area contributed by atoms with Gasteiger partial charge in [-0.3, -0.25) is 0 Å². The van der Waals surface area contributed by atoms with E-state index in [1.54, 1.807) is 0 Å². The van der Waals surface area contributed by atoms with Crippen LogP contribution < -0.4 is 4.74 Å². The molecule has 0 fully saturated rings. The maximum absolute atomic E-state index is 13.8. The van der Waals surface area contributed by atoms with Gasteiger partial charge < -0.3 is 9.30 Å². The molecule has 0 bridgehead atoms. The highest BCUT2D eigenvalue weighted by atomic mass is 19.2. The number of unbranched alkanes of at least 4 members (excludes halogenated alkanes) is 3. The molecule has 0 aliphatic heterocycles. The van der Waals surface area contributed by atoms with E-state index in [2.05, 4.69) is 55.4 Å². The minimum Gasteiger partial charge on any atom is -0.494 e. The average Bonchev–Trinajstić information content (AvgIpc) is 3.25. The van der Waals surface area contributed by atoms with Gasteiger partial charge in [0.25, 0.3) is 0 Å². The summed E-state index contributed by atoms with van der Waals surface area (Å²) in [6, 6.07) is 14.3. The summed E-state index contributed by atoms with van der Waals surface area (Å²) >= 11 is 0. The van der Waals surface area contributed by atoms with Crippen molar-refractivity contribution in [1.82, 2.24) is 4.57 Å². The fraction of sp³-hybridized carbons (Fsp3) is 0.371. The summed E-state index contributed by atoms with van der Waals surface area (Å²) in [6.07, 6.45) is 6.50. The van der Waals surface area contributed by atoms with E-state index in [0.717, 1.165) is 43.4 Å². The van der Waals surface area contributed by atoms with E-state index >= 15 is 0 Å². The summed E-state index contributed by atoms with van der Waals surface area (Å²) in [5.41, 5.74) is 5.46. The molecule has 0 spiro atoms. The van der Waals surface area contributed by atoms with Crippen molar-refractivity contribution in [3.63, 3.8) is 0 Å². The van der Waals surface area contributed by atoms with E-state index < -0.39 is 28.8 Å². The van der Waals surface area contributed by atoms with Crippen LogP contribution in [0.3, 0.4) is 0 Å². The third-order valence-electron chi connectivity index (χ3n) is 7.48. The van der Waals surface area contributed by atoms with Crippen molar-refractivity contribution in [3.05, 3.63) is 99.7 Å². The summed E-state index contributed by atoms with van der Waals surface area (Å²) in [6.45, 7) is 7.99. The zero-order chi connectivity index (χ0) is 29.4. The first-order chi connectivity index (χ1) is 19.8. The molecule has 1 aromatic heterocycles. The molecule has 0 saturated carbocycles. The summed E-state index contributed by atoms with van der Waals surface area (Å²) in [5.74, 6) is 1.67. The van der Waals surface area contributed by atoms with Crippen LogP contribution in [0.1, 0.15) is 80.3 Å². The number of nitrogens with zero attached hydrogens (tertiary/aromatic N) is 1. The van der Waals surface area contributed by atoms with Gasteiger partial charge in [-0.2, -0.15) is 0 Å². The third-order valence-corrected chi connectivity index (χ3v) is 7.48. The Hall–Kier alpha value is -3.72. The molecule has 0 saturated heterocycles. The van der Waals surface area contributed by atoms with Crippen LogP contribution in [0.25, 0.3) is 10.9 Å². The summed E-state index contributed by atoms with van der Waals surface area (Å²) in [4.78, 5) is 0. The van der Waals surface area contributed by atoms with Gasteiger partial charge in [0.15, 0.2) is 17.5 Å². The van der Waals surface area contributed by atoms with Gasteiger partial charge in [-0.15, -0.1) is 0 Å². The first-order valence-electron chi connectivity index (χ1n) is 14.5. The molecule has 4 aromatic rings. The standard InChI is InChI=1S/C35H37F4NO/c1-4-6-12-28-24(3)40(21-7-5-2)35-26(11-10-14-29(28)35)18-15-25-16-19-27(20-17-25)41-22-9-8-13-30-31(36)23-32(37)34(39)33(30)38/h10-11,14,16-17,19-20,23H,4-9,12-13,21-22H2,1-3H3. The maximum Gasteiger partial charge on any atom is 0.194 e. The Morgan fingerprint density at radius 1 is 0.756 bits per heavy atom. The van der Waals surface area contributed by atoms with Crippen molar-refractivity contribution < 1.29 is 22.3 Å². The maximum atomic E-state index is 13.8. The molecule has 0 aliphatic carbocycles. The molecule has 3 aromatic carbocycles. The number of fused-ring (bicyclic) bond motifs is 1. The lowest BCUT2D eigenvalue weighted by atomic mass is 10.0. The predicted octanol–water partition coefficient (Wildman–Crippen LogP) is 9.45. The van der Waals surface area contributed by atoms with Crippen LogP contribution in [0, 0.1) is 42.0 Å². The second-order valence-corrected chi connectivity index (χ2v) is 10.4. The molecule has 0 unspecified atom stereocenters. The van der Waals surface area contributed by atoms with Crippen molar-refractivity contribution in [1.29, 1.82) is 0 Å². The Labute approximate surface area is 240 Å². The Balaban J connectivity index is 1.40. The van der Waals surface area contributed by atoms with Crippen LogP contribution in [0.15, 0.2) is 48.5 Å². The molecule has 0 atom stereocenters. The summed E-state index contributed by atoms with van der Waals surface area (Å²) in [5, 5.41) is 1.30. The van der Waals surface area contributed by atoms with Gasteiger partial charge in [-0.1, -0.05) is 50.7 Å². The van der Waals surface area contributed by atoms with E-state index in [1.807, 2.05) is 24.3 Å². The lowest BCUT2D eigenvalue weighted by Gasteiger charge is -2.09. The molecule has 2 nitrogen and oxygen atoms in total. The second-order valence-electron chi connectivity index (χ2n) is 10.4. The Morgan fingerprint density at radius 3 is 2.22 bits per heavy atom. The quantitative estimate of drug-likeness (QED) is 0.0551. The number of hydrogen-bond acceptors (Lipinski definition) is 1. The van der Waals surface area contributed by atoms with E-state index in [4.69, 9.17) is 4.74 Å². The number of rotatable bonds is 12. The van der Waals surface area contributed by atoms with E-state index in [1.165, 1.54) is 28.6 Å². The van der Waals surface area contributed by atoms with Crippen LogP contribution in [0.2, 0.25) is 0 Å². The molecule has 216 valence electrons. The molecule has 4 rings (SSSR count). The average molecular weight is 564 g/mol. The lowest BCUT2D eigenvalue weighted by molar-refractivity contribution is 0.306. The van der Waals surface area contributed by atoms with Gasteiger partial charge >= 0.3 is 0 Å². The van der Waals surface area contributed by atoms with E-state index in [9.17, 15) is 17.6 Å². The van der Waals surface area contributed by atoms with Crippen molar-refractivity contribution >= 4 is 10.9 Å². The highest BCUT2D eigenvalue weighted by molar-refractivity contribution is 5.90. The molecule has 0 radical (unpaired) electrons. The lowest BCUT2D eigenvalue weighted by Crippen LogP contribution is -2.04. The van der Waals surface area contributed by atoms with Gasteiger partial charge in [0.2, 0.25) is 0 Å². The molecular formula is C35H37F4NO. The fourth-order valence-corrected chi connectivity index (χ4v) is 5.17. The van der Waals surface area contributed by atoms with Crippen LogP contribution in [-0.4, -0.2) is 11.2 Å². The number of ether oxygens (including phenoxy) is 1. The number of para-hydroxylation sites is 1. The van der Waals surface area contributed by atoms with Crippen molar-refractivity contribution in [3.8, 4) is 17.6 Å². The SMILES string of the molecule is CCCCc1c(C)n(CCCC)c2c(C#Cc3ccc(OCCCCc4c(F)cc(F)c(F)c4F)cc3)cccc12. The molecule has 0 aliphatic rings. The Morgan fingerprint density at radius 2 is 1.49 bits per heavy atom. The topological polar surface area (TPSA) is 14.2 Å². The van der Waals surface area contributed by atoms with Gasteiger partial charge in [-0.05, 0) is 81.3 Å². The molecular weight excluding hydrogens is 526 g/mol. The zero-order valence-corrected chi connectivity index (χ0v) is 24.1. The highest BCUT2D eigenvalue weighted by Crippen LogP contribution is 2.30. The fourth-order valence-electron chi connectivity index (χ4n) is 5.17. The van der Waals surface area contributed by atoms with Crippen LogP contribution in [0.5, 0.6) is 5.75 Å². The van der Waals surface area contributed by atoms with Gasteiger partial charge in [0, 0.05) is 40.4 Å². The molecule has 0 amide bonds. The normalized spacial score (nSPS) is 11.1. The monoisotopic (exact) mass is 563 g/mol. The third kappa shape index (κ3) is 7.14. The zero-order valence-electron chi connectivity index (χ0n) is 24.1. The van der Waals surface area contributed by atoms with Crippen LogP contribution in [-0.2, 0) is 19.4 Å². The first-order valence-corrected chi connectivity index (χ1v) is 14.5. The van der Waals surface area contributed by atoms with Crippen LogP contribution in [0.4, 0.5) is 17.6 Å². The largest absolute Gasteiger partial charge is 0.494 e.